The Kier molecular flexibility index (Phi) is 4.36. The predicted octanol–water partition coefficient (Wildman–Crippen LogP) is 4.72. The first-order chi connectivity index (χ1) is 10.1. The topological polar surface area (TPSA) is 3.24 Å². The molecule has 0 spiro atoms. The first kappa shape index (κ1) is 14.7. The fourth-order valence-corrected chi connectivity index (χ4v) is 3.28. The smallest absolute Gasteiger partial charge is 0.144 e. The Morgan fingerprint density at radius 3 is 2.62 bits per heavy atom. The van der Waals surface area contributed by atoms with Crippen molar-refractivity contribution in [3.63, 3.8) is 0 Å². The minimum atomic E-state index is -0.488. The molecule has 1 aliphatic rings. The van der Waals surface area contributed by atoms with Crippen LogP contribution in [0, 0.1) is 11.6 Å². The Morgan fingerprint density at radius 2 is 1.86 bits per heavy atom. The standard InChI is InChI=1S/C17H16BrF2N/c18-15-6-7-16(19)14(17(15)20)11-21-9-8-13(10-21)12-4-2-1-3-5-12/h1-7,13H,8-11H2. The molecule has 0 saturated carbocycles. The second-order valence-corrected chi connectivity index (χ2v) is 6.31. The Morgan fingerprint density at radius 1 is 1.10 bits per heavy atom. The Labute approximate surface area is 131 Å². The van der Waals surface area contributed by atoms with Crippen molar-refractivity contribution in [1.29, 1.82) is 0 Å². The van der Waals surface area contributed by atoms with Crippen molar-refractivity contribution in [2.75, 3.05) is 13.1 Å². The highest BCUT2D eigenvalue weighted by molar-refractivity contribution is 9.10. The van der Waals surface area contributed by atoms with Gasteiger partial charge in [-0.1, -0.05) is 30.3 Å². The second-order valence-electron chi connectivity index (χ2n) is 5.45. The van der Waals surface area contributed by atoms with Gasteiger partial charge in [-0.25, -0.2) is 8.78 Å². The van der Waals surface area contributed by atoms with Crippen molar-refractivity contribution in [2.24, 2.45) is 0 Å². The molecule has 0 radical (unpaired) electrons. The summed E-state index contributed by atoms with van der Waals surface area (Å²) >= 11 is 3.12. The minimum absolute atomic E-state index is 0.151. The summed E-state index contributed by atoms with van der Waals surface area (Å²) in [4.78, 5) is 2.12. The molecule has 1 saturated heterocycles. The van der Waals surface area contributed by atoms with E-state index in [1.54, 1.807) is 0 Å². The number of likely N-dealkylation sites (tertiary alicyclic amines) is 1. The van der Waals surface area contributed by atoms with E-state index in [1.165, 1.54) is 17.7 Å². The fraction of sp³-hybridized carbons (Fsp3) is 0.294. The van der Waals surface area contributed by atoms with Gasteiger partial charge in [0.1, 0.15) is 11.6 Å². The van der Waals surface area contributed by atoms with Crippen LogP contribution >= 0.6 is 15.9 Å². The SMILES string of the molecule is Fc1ccc(Br)c(F)c1CN1CCC(c2ccccc2)C1. The van der Waals surface area contributed by atoms with Gasteiger partial charge >= 0.3 is 0 Å². The van der Waals surface area contributed by atoms with Crippen LogP contribution in [0.1, 0.15) is 23.5 Å². The zero-order valence-electron chi connectivity index (χ0n) is 11.5. The normalized spacial score (nSPS) is 19.1. The van der Waals surface area contributed by atoms with Crippen molar-refractivity contribution in [3.05, 3.63) is 69.7 Å². The van der Waals surface area contributed by atoms with Gasteiger partial charge in [0.05, 0.1) is 4.47 Å². The van der Waals surface area contributed by atoms with E-state index in [1.807, 2.05) is 18.2 Å². The second kappa shape index (κ2) is 6.24. The van der Waals surface area contributed by atoms with Gasteiger partial charge in [0.25, 0.3) is 0 Å². The maximum Gasteiger partial charge on any atom is 0.144 e. The summed E-state index contributed by atoms with van der Waals surface area (Å²) in [5.74, 6) is -0.513. The van der Waals surface area contributed by atoms with E-state index in [4.69, 9.17) is 0 Å². The number of halogens is 3. The lowest BCUT2D eigenvalue weighted by Crippen LogP contribution is -2.21. The molecule has 3 rings (SSSR count). The third-order valence-electron chi connectivity index (χ3n) is 4.06. The van der Waals surface area contributed by atoms with Crippen LogP contribution in [0.15, 0.2) is 46.9 Å². The lowest BCUT2D eigenvalue weighted by molar-refractivity contribution is 0.314. The van der Waals surface area contributed by atoms with Crippen LogP contribution in [0.2, 0.25) is 0 Å². The van der Waals surface area contributed by atoms with Crippen molar-refractivity contribution in [3.8, 4) is 0 Å². The van der Waals surface area contributed by atoms with Crippen LogP contribution in [0.4, 0.5) is 8.78 Å². The van der Waals surface area contributed by atoms with Crippen LogP contribution in [-0.2, 0) is 6.54 Å². The van der Waals surface area contributed by atoms with E-state index in [0.29, 0.717) is 16.9 Å². The highest BCUT2D eigenvalue weighted by atomic mass is 79.9. The van der Waals surface area contributed by atoms with E-state index in [9.17, 15) is 8.78 Å². The molecule has 0 N–H and O–H groups in total. The van der Waals surface area contributed by atoms with Gasteiger partial charge in [-0.15, -0.1) is 0 Å². The van der Waals surface area contributed by atoms with Gasteiger partial charge < -0.3 is 0 Å². The molecular formula is C17H16BrF2N. The van der Waals surface area contributed by atoms with Crippen LogP contribution in [0.25, 0.3) is 0 Å². The molecule has 2 aromatic carbocycles. The summed E-state index contributed by atoms with van der Waals surface area (Å²) in [6.07, 6.45) is 1.03. The molecule has 0 amide bonds. The molecule has 1 fully saturated rings. The Hall–Kier alpha value is -1.26. The van der Waals surface area contributed by atoms with E-state index in [2.05, 4.69) is 33.0 Å². The number of hydrogen-bond donors (Lipinski definition) is 0. The molecule has 110 valence electrons. The van der Waals surface area contributed by atoms with Crippen LogP contribution in [0.5, 0.6) is 0 Å². The molecule has 1 aliphatic heterocycles. The molecule has 0 aromatic heterocycles. The number of hydrogen-bond acceptors (Lipinski definition) is 1. The van der Waals surface area contributed by atoms with E-state index < -0.39 is 11.6 Å². The first-order valence-corrected chi connectivity index (χ1v) is 7.84. The summed E-state index contributed by atoms with van der Waals surface area (Å²) in [6, 6.07) is 13.0. The third-order valence-corrected chi connectivity index (χ3v) is 4.68. The summed E-state index contributed by atoms with van der Waals surface area (Å²) in [7, 11) is 0. The molecule has 4 heteroatoms. The monoisotopic (exact) mass is 351 g/mol. The summed E-state index contributed by atoms with van der Waals surface area (Å²) < 4.78 is 28.2. The van der Waals surface area contributed by atoms with Crippen molar-refractivity contribution in [1.82, 2.24) is 4.90 Å². The molecule has 0 bridgehead atoms. The van der Waals surface area contributed by atoms with Crippen molar-refractivity contribution in [2.45, 2.75) is 18.9 Å². The Bertz CT molecular complexity index is 630. The lowest BCUT2D eigenvalue weighted by atomic mass is 9.99. The molecule has 1 unspecified atom stereocenters. The quantitative estimate of drug-likeness (QED) is 0.723. The van der Waals surface area contributed by atoms with Crippen molar-refractivity contribution < 1.29 is 8.78 Å². The molecule has 2 aromatic rings. The molecule has 1 atom stereocenters. The van der Waals surface area contributed by atoms with Crippen LogP contribution in [0.3, 0.4) is 0 Å². The zero-order chi connectivity index (χ0) is 14.8. The highest BCUT2D eigenvalue weighted by Gasteiger charge is 2.25. The fourth-order valence-electron chi connectivity index (χ4n) is 2.91. The largest absolute Gasteiger partial charge is 0.298 e. The van der Waals surface area contributed by atoms with Crippen molar-refractivity contribution >= 4 is 15.9 Å². The lowest BCUT2D eigenvalue weighted by Gasteiger charge is -2.17. The molecular weight excluding hydrogens is 336 g/mol. The minimum Gasteiger partial charge on any atom is -0.298 e. The summed E-state index contributed by atoms with van der Waals surface area (Å²) in [6.45, 7) is 2.03. The number of nitrogens with zero attached hydrogens (tertiary/aromatic N) is 1. The molecule has 1 heterocycles. The zero-order valence-corrected chi connectivity index (χ0v) is 13.1. The first-order valence-electron chi connectivity index (χ1n) is 7.05. The predicted molar refractivity (Wildman–Crippen MR) is 83.1 cm³/mol. The average molecular weight is 352 g/mol. The van der Waals surface area contributed by atoms with E-state index >= 15 is 0 Å². The van der Waals surface area contributed by atoms with E-state index in [-0.39, 0.29) is 5.56 Å². The summed E-state index contributed by atoms with van der Waals surface area (Å²) in [5.41, 5.74) is 1.45. The number of rotatable bonds is 3. The van der Waals surface area contributed by atoms with Gasteiger partial charge in [-0.3, -0.25) is 4.90 Å². The average Bonchev–Trinajstić information content (AvgIpc) is 2.97. The molecule has 21 heavy (non-hydrogen) atoms. The van der Waals surface area contributed by atoms with Gasteiger partial charge in [-0.2, -0.15) is 0 Å². The number of benzene rings is 2. The van der Waals surface area contributed by atoms with Gasteiger partial charge in [0.15, 0.2) is 0 Å². The maximum atomic E-state index is 14.0. The maximum absolute atomic E-state index is 14.0. The van der Waals surface area contributed by atoms with Gasteiger partial charge in [0.2, 0.25) is 0 Å². The Balaban J connectivity index is 1.72. The van der Waals surface area contributed by atoms with Crippen LogP contribution < -0.4 is 0 Å². The van der Waals surface area contributed by atoms with Gasteiger partial charge in [-0.05, 0) is 52.5 Å². The molecule has 1 nitrogen and oxygen atoms in total. The van der Waals surface area contributed by atoms with Crippen LogP contribution in [-0.4, -0.2) is 18.0 Å². The van der Waals surface area contributed by atoms with E-state index in [0.717, 1.165) is 19.5 Å². The third kappa shape index (κ3) is 3.16. The summed E-state index contributed by atoms with van der Waals surface area (Å²) in [5, 5.41) is 0. The highest BCUT2D eigenvalue weighted by Crippen LogP contribution is 2.30. The van der Waals surface area contributed by atoms with Gasteiger partial charge in [0, 0.05) is 18.7 Å². The molecule has 0 aliphatic carbocycles.